The van der Waals surface area contributed by atoms with Crippen LogP contribution in [0.25, 0.3) is 0 Å². The predicted molar refractivity (Wildman–Crippen MR) is 93.4 cm³/mol. The molecule has 2 heterocycles. The van der Waals surface area contributed by atoms with Crippen LogP contribution in [0.5, 0.6) is 0 Å². The van der Waals surface area contributed by atoms with Gasteiger partial charge >= 0.3 is 0 Å². The maximum Gasteiger partial charge on any atom is 0.254 e. The van der Waals surface area contributed by atoms with Gasteiger partial charge in [-0.05, 0) is 24.6 Å². The summed E-state index contributed by atoms with van der Waals surface area (Å²) in [6.07, 6.45) is 1.39. The van der Waals surface area contributed by atoms with Crippen LogP contribution in [0.4, 0.5) is 0 Å². The Balaban J connectivity index is 1.54. The summed E-state index contributed by atoms with van der Waals surface area (Å²) in [6.45, 7) is 1.64. The fraction of sp³-hybridized carbons (Fsp3) is 0.526. The minimum Gasteiger partial charge on any atom is -0.371 e. The topological polar surface area (TPSA) is 82.9 Å². The van der Waals surface area contributed by atoms with E-state index >= 15 is 0 Å². The number of benzene rings is 1. The van der Waals surface area contributed by atoms with E-state index in [1.165, 1.54) is 4.90 Å². The van der Waals surface area contributed by atoms with Crippen LogP contribution in [0, 0.1) is 11.3 Å². The van der Waals surface area contributed by atoms with Crippen molar-refractivity contribution in [3.63, 3.8) is 0 Å². The lowest BCUT2D eigenvalue weighted by Gasteiger charge is -2.53. The average Bonchev–Trinajstić information content (AvgIpc) is 2.63. The van der Waals surface area contributed by atoms with Gasteiger partial charge in [0, 0.05) is 32.7 Å². The lowest BCUT2D eigenvalue weighted by atomic mass is 9.84. The minimum atomic E-state index is -0.382. The number of likely N-dealkylation sites (tertiary alicyclic amines) is 1. The standard InChI is InChI=1S/C19H23N3O4/c1-21(2)17(23)11-25-16-6-7-26-19(9-16)12-22(13-19)18(24)15-5-3-4-14(8-15)10-20/h3-5,8,16H,6-7,9,11-13H2,1-2H3/t16-/m1/s1. The van der Waals surface area contributed by atoms with E-state index in [2.05, 4.69) is 0 Å². The Bertz CT molecular complexity index is 735. The van der Waals surface area contributed by atoms with Crippen LogP contribution in [0.1, 0.15) is 28.8 Å². The maximum absolute atomic E-state index is 12.6. The Morgan fingerprint density at radius 1 is 1.42 bits per heavy atom. The largest absolute Gasteiger partial charge is 0.371 e. The van der Waals surface area contributed by atoms with E-state index in [1.807, 2.05) is 6.07 Å². The van der Waals surface area contributed by atoms with Crippen LogP contribution in [-0.4, -0.2) is 73.7 Å². The number of rotatable bonds is 4. The Kier molecular flexibility index (Phi) is 5.25. The van der Waals surface area contributed by atoms with Gasteiger partial charge in [0.05, 0.1) is 30.8 Å². The Hall–Kier alpha value is -2.43. The van der Waals surface area contributed by atoms with Crippen LogP contribution >= 0.6 is 0 Å². The number of hydrogen-bond donors (Lipinski definition) is 0. The lowest BCUT2D eigenvalue weighted by Crippen LogP contribution is -2.67. The van der Waals surface area contributed by atoms with Gasteiger partial charge in [-0.3, -0.25) is 9.59 Å². The molecule has 7 heteroatoms. The number of hydrogen-bond acceptors (Lipinski definition) is 5. The second-order valence-corrected chi connectivity index (χ2v) is 7.10. The normalized spacial score (nSPS) is 21.0. The number of nitriles is 1. The number of likely N-dealkylation sites (N-methyl/N-ethyl adjacent to an activating group) is 1. The van der Waals surface area contributed by atoms with Gasteiger partial charge in [-0.1, -0.05) is 6.07 Å². The van der Waals surface area contributed by atoms with E-state index in [-0.39, 0.29) is 30.1 Å². The zero-order valence-corrected chi connectivity index (χ0v) is 15.1. The average molecular weight is 357 g/mol. The first-order chi connectivity index (χ1) is 12.4. The SMILES string of the molecule is CN(C)C(=O)CO[C@@H]1CCOC2(C1)CN(C(=O)c1cccc(C#N)c1)C2. The third-order valence-electron chi connectivity index (χ3n) is 4.87. The van der Waals surface area contributed by atoms with Crippen molar-refractivity contribution < 1.29 is 19.1 Å². The molecule has 0 N–H and O–H groups in total. The molecule has 2 aliphatic heterocycles. The first kappa shape index (κ1) is 18.4. The molecule has 3 rings (SSSR count). The molecule has 0 radical (unpaired) electrons. The van der Waals surface area contributed by atoms with Gasteiger partial charge < -0.3 is 19.3 Å². The summed E-state index contributed by atoms with van der Waals surface area (Å²) in [4.78, 5) is 27.5. The highest BCUT2D eigenvalue weighted by molar-refractivity contribution is 5.95. The van der Waals surface area contributed by atoms with Gasteiger partial charge in [0.25, 0.3) is 5.91 Å². The van der Waals surface area contributed by atoms with Crippen molar-refractivity contribution in [3.8, 4) is 6.07 Å². The van der Waals surface area contributed by atoms with Crippen LogP contribution in [-0.2, 0) is 14.3 Å². The smallest absolute Gasteiger partial charge is 0.254 e. The number of carbonyl (C=O) groups is 2. The number of ether oxygens (including phenoxy) is 2. The van der Waals surface area contributed by atoms with Crippen molar-refractivity contribution in [2.45, 2.75) is 24.5 Å². The third-order valence-corrected chi connectivity index (χ3v) is 4.87. The van der Waals surface area contributed by atoms with E-state index in [1.54, 1.807) is 43.3 Å². The first-order valence-electron chi connectivity index (χ1n) is 8.68. The molecule has 0 saturated carbocycles. The summed E-state index contributed by atoms with van der Waals surface area (Å²) in [5.41, 5.74) is 0.602. The molecule has 7 nitrogen and oxygen atoms in total. The molecule has 2 amide bonds. The summed E-state index contributed by atoms with van der Waals surface area (Å²) in [5, 5.41) is 8.97. The van der Waals surface area contributed by atoms with Crippen molar-refractivity contribution in [3.05, 3.63) is 35.4 Å². The number of amides is 2. The Morgan fingerprint density at radius 3 is 2.88 bits per heavy atom. The number of nitrogens with zero attached hydrogens (tertiary/aromatic N) is 3. The van der Waals surface area contributed by atoms with Gasteiger partial charge in [-0.25, -0.2) is 0 Å². The second-order valence-electron chi connectivity index (χ2n) is 7.10. The highest BCUT2D eigenvalue weighted by Crippen LogP contribution is 2.36. The summed E-state index contributed by atoms with van der Waals surface area (Å²) >= 11 is 0. The molecule has 1 aromatic rings. The zero-order chi connectivity index (χ0) is 18.7. The summed E-state index contributed by atoms with van der Waals surface area (Å²) < 4.78 is 11.7. The van der Waals surface area contributed by atoms with E-state index in [4.69, 9.17) is 14.7 Å². The molecule has 2 saturated heterocycles. The number of carbonyl (C=O) groups excluding carboxylic acids is 2. The van der Waals surface area contributed by atoms with Crippen molar-refractivity contribution in [2.24, 2.45) is 0 Å². The molecule has 1 atom stereocenters. The fourth-order valence-corrected chi connectivity index (χ4v) is 3.36. The van der Waals surface area contributed by atoms with E-state index in [0.717, 1.165) is 6.42 Å². The highest BCUT2D eigenvalue weighted by Gasteiger charge is 2.49. The zero-order valence-electron chi connectivity index (χ0n) is 15.1. The summed E-state index contributed by atoms with van der Waals surface area (Å²) in [6, 6.07) is 8.76. The summed E-state index contributed by atoms with van der Waals surface area (Å²) in [5.74, 6) is -0.157. The molecule has 1 spiro atoms. The Morgan fingerprint density at radius 2 is 2.19 bits per heavy atom. The van der Waals surface area contributed by atoms with Gasteiger partial charge in [-0.15, -0.1) is 0 Å². The summed E-state index contributed by atoms with van der Waals surface area (Å²) in [7, 11) is 3.40. The highest BCUT2D eigenvalue weighted by atomic mass is 16.5. The molecule has 2 aliphatic rings. The third kappa shape index (κ3) is 3.87. The van der Waals surface area contributed by atoms with E-state index < -0.39 is 0 Å². The lowest BCUT2D eigenvalue weighted by molar-refractivity contribution is -0.188. The molecule has 26 heavy (non-hydrogen) atoms. The molecule has 2 fully saturated rings. The van der Waals surface area contributed by atoms with Crippen molar-refractivity contribution in [1.82, 2.24) is 9.80 Å². The minimum absolute atomic E-state index is 0.0354. The van der Waals surface area contributed by atoms with Gasteiger partial charge in [0.2, 0.25) is 5.91 Å². The van der Waals surface area contributed by atoms with Gasteiger partial charge in [-0.2, -0.15) is 5.26 Å². The van der Waals surface area contributed by atoms with E-state index in [9.17, 15) is 9.59 Å². The molecular formula is C19H23N3O4. The Labute approximate surface area is 153 Å². The van der Waals surface area contributed by atoms with Crippen LogP contribution in [0.15, 0.2) is 24.3 Å². The van der Waals surface area contributed by atoms with E-state index in [0.29, 0.717) is 37.2 Å². The maximum atomic E-state index is 12.6. The molecule has 0 unspecified atom stereocenters. The first-order valence-corrected chi connectivity index (χ1v) is 8.68. The van der Waals surface area contributed by atoms with Crippen molar-refractivity contribution in [2.75, 3.05) is 40.4 Å². The van der Waals surface area contributed by atoms with Gasteiger partial charge in [0.1, 0.15) is 12.2 Å². The second kappa shape index (κ2) is 7.44. The molecular weight excluding hydrogens is 334 g/mol. The quantitative estimate of drug-likeness (QED) is 0.804. The monoisotopic (exact) mass is 357 g/mol. The molecule has 0 bridgehead atoms. The van der Waals surface area contributed by atoms with Crippen molar-refractivity contribution in [1.29, 1.82) is 5.26 Å². The van der Waals surface area contributed by atoms with Crippen LogP contribution in [0.3, 0.4) is 0 Å². The van der Waals surface area contributed by atoms with Crippen molar-refractivity contribution >= 4 is 11.8 Å². The van der Waals surface area contributed by atoms with Crippen LogP contribution < -0.4 is 0 Å². The molecule has 0 aromatic heterocycles. The van der Waals surface area contributed by atoms with Gasteiger partial charge in [0.15, 0.2) is 0 Å². The van der Waals surface area contributed by atoms with Crippen LogP contribution in [0.2, 0.25) is 0 Å². The predicted octanol–water partition coefficient (Wildman–Crippen LogP) is 1.04. The molecule has 0 aliphatic carbocycles. The fourth-order valence-electron chi connectivity index (χ4n) is 3.36. The molecule has 1 aromatic carbocycles. The molecule has 138 valence electrons.